The maximum Gasteiger partial charge on any atom is 0.314 e. The van der Waals surface area contributed by atoms with E-state index in [-0.39, 0.29) is 11.7 Å². The molecule has 1 heterocycles. The lowest BCUT2D eigenvalue weighted by Crippen LogP contribution is -2.28. The van der Waals surface area contributed by atoms with Crippen molar-refractivity contribution in [2.75, 3.05) is 14.2 Å². The molecule has 0 spiro atoms. The van der Waals surface area contributed by atoms with Gasteiger partial charge < -0.3 is 0 Å². The highest BCUT2D eigenvalue weighted by atomic mass is 79.9. The fraction of sp³-hybridized carbons (Fsp3) is 0.500. The van der Waals surface area contributed by atoms with E-state index in [0.717, 1.165) is 5.06 Å². The average molecular weight is 249 g/mol. The molecule has 0 fully saturated rings. The highest BCUT2D eigenvalue weighted by Gasteiger charge is 2.18. The zero-order valence-corrected chi connectivity index (χ0v) is 9.07. The molecule has 1 rings (SSSR count). The van der Waals surface area contributed by atoms with Gasteiger partial charge in [-0.15, -0.1) is 5.10 Å². The number of nitrogens with zero attached hydrogens (tertiary/aromatic N) is 4. The lowest BCUT2D eigenvalue weighted by atomic mass is 10.5. The van der Waals surface area contributed by atoms with Crippen molar-refractivity contribution >= 4 is 21.8 Å². The molecule has 0 atom stereocenters. The maximum absolute atomic E-state index is 11.5. The van der Waals surface area contributed by atoms with Gasteiger partial charge in [0.05, 0.1) is 7.11 Å². The summed E-state index contributed by atoms with van der Waals surface area (Å²) in [5, 5.41) is 4.95. The Bertz CT molecular complexity index is 324. The molecule has 72 valence electrons. The van der Waals surface area contributed by atoms with Crippen molar-refractivity contribution in [1.82, 2.24) is 19.8 Å². The Kier molecular flexibility index (Phi) is 2.99. The second-order valence-corrected chi connectivity index (χ2v) is 3.02. The van der Waals surface area contributed by atoms with Crippen LogP contribution in [0.2, 0.25) is 0 Å². The fourth-order valence-electron chi connectivity index (χ4n) is 0.763. The van der Waals surface area contributed by atoms with E-state index in [9.17, 15) is 4.79 Å². The van der Waals surface area contributed by atoms with Crippen molar-refractivity contribution < 1.29 is 9.63 Å². The summed E-state index contributed by atoms with van der Waals surface area (Å²) in [5.74, 6) is -0.126. The van der Waals surface area contributed by atoms with Gasteiger partial charge in [0.25, 0.3) is 0 Å². The van der Waals surface area contributed by atoms with Gasteiger partial charge in [-0.3, -0.25) is 9.63 Å². The number of carbonyl (C=O) groups is 1. The highest BCUT2D eigenvalue weighted by molar-refractivity contribution is 9.10. The summed E-state index contributed by atoms with van der Waals surface area (Å²) in [6, 6.07) is 0. The van der Waals surface area contributed by atoms with Gasteiger partial charge in [0.15, 0.2) is 0 Å². The molecule has 1 aromatic rings. The second-order valence-electron chi connectivity index (χ2n) is 2.31. The molecule has 0 saturated heterocycles. The van der Waals surface area contributed by atoms with E-state index in [1.807, 2.05) is 0 Å². The van der Waals surface area contributed by atoms with Crippen LogP contribution >= 0.6 is 15.9 Å². The minimum atomic E-state index is -0.344. The van der Waals surface area contributed by atoms with E-state index in [1.165, 1.54) is 18.8 Å². The molecule has 0 aromatic carbocycles. The lowest BCUT2D eigenvalue weighted by molar-refractivity contribution is -0.0766. The highest BCUT2D eigenvalue weighted by Crippen LogP contribution is 2.05. The number of rotatable bonds is 2. The van der Waals surface area contributed by atoms with Crippen LogP contribution in [-0.4, -0.2) is 39.9 Å². The van der Waals surface area contributed by atoms with Crippen LogP contribution < -0.4 is 0 Å². The van der Waals surface area contributed by atoms with Crippen molar-refractivity contribution in [3.63, 3.8) is 0 Å². The number of hydrogen-bond donors (Lipinski definition) is 0. The van der Waals surface area contributed by atoms with E-state index in [1.54, 1.807) is 7.05 Å². The van der Waals surface area contributed by atoms with Crippen LogP contribution in [0.5, 0.6) is 0 Å². The van der Waals surface area contributed by atoms with Crippen molar-refractivity contribution in [3.05, 3.63) is 10.6 Å². The van der Waals surface area contributed by atoms with E-state index in [2.05, 4.69) is 26.0 Å². The number of aryl methyl sites for hydroxylation is 1. The van der Waals surface area contributed by atoms with Gasteiger partial charge >= 0.3 is 5.91 Å². The molecule has 0 unspecified atom stereocenters. The Hall–Kier alpha value is -0.950. The summed E-state index contributed by atoms with van der Waals surface area (Å²) in [6.07, 6.45) is 0. The van der Waals surface area contributed by atoms with E-state index < -0.39 is 0 Å². The molecule has 0 N–H and O–H groups in total. The summed E-state index contributed by atoms with van der Waals surface area (Å²) in [5.41, 5.74) is 0. The number of aromatic nitrogens is 3. The molecular weight excluding hydrogens is 240 g/mol. The summed E-state index contributed by atoms with van der Waals surface area (Å²) >= 11 is 3.07. The number of amides is 1. The molecule has 6 nitrogen and oxygen atoms in total. The standard InChI is InChI=1S/C6H9BrN4O2/c1-10-4(8-6(7)9-10)5(12)11(2)13-3/h1-3H3. The first-order chi connectivity index (χ1) is 6.06. The minimum absolute atomic E-state index is 0.219. The normalized spacial score (nSPS) is 10.2. The van der Waals surface area contributed by atoms with Crippen LogP contribution in [0.15, 0.2) is 4.73 Å². The van der Waals surface area contributed by atoms with Crippen molar-refractivity contribution in [2.45, 2.75) is 0 Å². The van der Waals surface area contributed by atoms with Gasteiger partial charge in [0.2, 0.25) is 10.6 Å². The SMILES string of the molecule is CON(C)C(=O)c1nc(Br)nn1C. The zero-order chi connectivity index (χ0) is 10.0. The Labute approximate surface area is 83.6 Å². The molecule has 0 radical (unpaired) electrons. The Morgan fingerprint density at radius 2 is 2.31 bits per heavy atom. The third-order valence-corrected chi connectivity index (χ3v) is 1.82. The first kappa shape index (κ1) is 10.1. The molecule has 0 bridgehead atoms. The number of carbonyl (C=O) groups excluding carboxylic acids is 1. The van der Waals surface area contributed by atoms with Crippen LogP contribution in [0.25, 0.3) is 0 Å². The maximum atomic E-state index is 11.5. The third kappa shape index (κ3) is 2.04. The molecule has 7 heteroatoms. The predicted octanol–water partition coefficient (Wildman–Crippen LogP) is 0.211. The zero-order valence-electron chi connectivity index (χ0n) is 7.48. The molecule has 1 aromatic heterocycles. The summed E-state index contributed by atoms with van der Waals surface area (Å²) in [6.45, 7) is 0. The summed E-state index contributed by atoms with van der Waals surface area (Å²) < 4.78 is 1.75. The molecule has 1 amide bonds. The van der Waals surface area contributed by atoms with Gasteiger partial charge in [-0.05, 0) is 15.9 Å². The largest absolute Gasteiger partial charge is 0.314 e. The predicted molar refractivity (Wildman–Crippen MR) is 47.8 cm³/mol. The van der Waals surface area contributed by atoms with Crippen molar-refractivity contribution in [1.29, 1.82) is 0 Å². The number of hydroxylamine groups is 2. The van der Waals surface area contributed by atoms with E-state index >= 15 is 0 Å². The van der Waals surface area contributed by atoms with Crippen molar-refractivity contribution in [3.8, 4) is 0 Å². The lowest BCUT2D eigenvalue weighted by Gasteiger charge is -2.11. The monoisotopic (exact) mass is 248 g/mol. The van der Waals surface area contributed by atoms with Gasteiger partial charge in [0.1, 0.15) is 0 Å². The molecule has 0 saturated carbocycles. The van der Waals surface area contributed by atoms with Crippen LogP contribution in [0.3, 0.4) is 0 Å². The smallest absolute Gasteiger partial charge is 0.274 e. The van der Waals surface area contributed by atoms with Crippen LogP contribution in [0.1, 0.15) is 10.6 Å². The molecular formula is C6H9BrN4O2. The van der Waals surface area contributed by atoms with Gasteiger partial charge in [-0.2, -0.15) is 4.98 Å². The minimum Gasteiger partial charge on any atom is -0.274 e. The van der Waals surface area contributed by atoms with Crippen LogP contribution in [-0.2, 0) is 11.9 Å². The first-order valence-corrected chi connectivity index (χ1v) is 4.24. The molecule has 0 aliphatic heterocycles. The Morgan fingerprint density at radius 3 is 2.69 bits per heavy atom. The molecule has 13 heavy (non-hydrogen) atoms. The fourth-order valence-corrected chi connectivity index (χ4v) is 1.17. The topological polar surface area (TPSA) is 60.2 Å². The Morgan fingerprint density at radius 1 is 1.69 bits per heavy atom. The number of halogens is 1. The van der Waals surface area contributed by atoms with E-state index in [0.29, 0.717) is 4.73 Å². The van der Waals surface area contributed by atoms with Gasteiger partial charge in [-0.25, -0.2) is 9.75 Å². The number of hydrogen-bond acceptors (Lipinski definition) is 4. The molecule has 0 aliphatic carbocycles. The first-order valence-electron chi connectivity index (χ1n) is 3.45. The molecule has 0 aliphatic rings. The Balaban J connectivity index is 2.94. The van der Waals surface area contributed by atoms with Crippen LogP contribution in [0.4, 0.5) is 0 Å². The second kappa shape index (κ2) is 3.84. The third-order valence-electron chi connectivity index (χ3n) is 1.49. The average Bonchev–Trinajstić information content (AvgIpc) is 2.42. The van der Waals surface area contributed by atoms with Gasteiger partial charge in [0, 0.05) is 14.1 Å². The quantitative estimate of drug-likeness (QED) is 0.703. The summed E-state index contributed by atoms with van der Waals surface area (Å²) in [4.78, 5) is 20.1. The van der Waals surface area contributed by atoms with Crippen LogP contribution in [0, 0.1) is 0 Å². The van der Waals surface area contributed by atoms with Crippen molar-refractivity contribution in [2.24, 2.45) is 7.05 Å². The van der Waals surface area contributed by atoms with Gasteiger partial charge in [-0.1, -0.05) is 0 Å². The summed E-state index contributed by atoms with van der Waals surface area (Å²) in [7, 11) is 4.54. The van der Waals surface area contributed by atoms with E-state index in [4.69, 9.17) is 4.84 Å².